The normalized spacial score (nSPS) is 23.2. The van der Waals surface area contributed by atoms with Crippen molar-refractivity contribution < 1.29 is 23.9 Å². The number of hydrogen-bond donors (Lipinski definition) is 2. The lowest BCUT2D eigenvalue weighted by Gasteiger charge is -2.55. The quantitative estimate of drug-likeness (QED) is 0.304. The maximum absolute atomic E-state index is 15.2. The first-order valence-electron chi connectivity index (χ1n) is 18.3. The van der Waals surface area contributed by atoms with E-state index in [1.165, 1.54) is 22.0 Å². The van der Waals surface area contributed by atoms with Gasteiger partial charge in [-0.1, -0.05) is 48.5 Å². The summed E-state index contributed by atoms with van der Waals surface area (Å²) in [6, 6.07) is 18.5. The number of pyridine rings is 1. The van der Waals surface area contributed by atoms with Crippen LogP contribution in [0.5, 0.6) is 5.75 Å². The van der Waals surface area contributed by atoms with Crippen LogP contribution in [0.2, 0.25) is 0 Å². The predicted molar refractivity (Wildman–Crippen MR) is 198 cm³/mol. The number of carbonyl (C=O) groups excluding carboxylic acids is 3. The number of carbonyl (C=O) groups is 3. The number of aromatic nitrogens is 1. The van der Waals surface area contributed by atoms with Crippen molar-refractivity contribution in [2.45, 2.75) is 50.7 Å². The highest BCUT2D eigenvalue weighted by Gasteiger charge is 2.51. The summed E-state index contributed by atoms with van der Waals surface area (Å²) in [5.41, 5.74) is 1.74. The van der Waals surface area contributed by atoms with Crippen molar-refractivity contribution in [1.29, 1.82) is 0 Å². The number of amides is 4. The first-order valence-corrected chi connectivity index (χ1v) is 18.3. The van der Waals surface area contributed by atoms with E-state index in [1.807, 2.05) is 48.5 Å². The minimum absolute atomic E-state index is 0.0187. The molecular formula is C39H48FN9O4. The SMILES string of the molecule is C=CCN1CC(=O)N2C(CN(Cc3cccc(N4CC(N5CCN(C)[C@@H](C)C5)C4)n3)C(=O)[C@@H]2Cc2ccc(O)cc2F)N1C(=O)NCc1ccccc1. The molecule has 5 heterocycles. The molecule has 3 atom stereocenters. The van der Waals surface area contributed by atoms with E-state index in [1.54, 1.807) is 16.0 Å². The van der Waals surface area contributed by atoms with Gasteiger partial charge in [0.25, 0.3) is 0 Å². The second-order valence-electron chi connectivity index (χ2n) is 14.5. The molecule has 53 heavy (non-hydrogen) atoms. The van der Waals surface area contributed by atoms with Gasteiger partial charge in [-0.05, 0) is 43.3 Å². The lowest BCUT2D eigenvalue weighted by atomic mass is 9.98. The standard InChI is InChI=1S/C39H48FN9O4/c1-4-15-47-26-37(51)48-34(18-29-13-14-32(50)19-33(29)40)38(52)46(25-36(48)49(47)39(53)41-20-28-9-6-5-7-10-28)22-30-11-8-12-35(42-30)45-23-31(24-45)44-17-16-43(3)27(2)21-44/h4-14,19,27,31,34,36,50H,1,15-18,20-26H2,2-3H3,(H,41,53)/t27-,34-,36?/m0/s1. The smallest absolute Gasteiger partial charge is 0.334 e. The Morgan fingerprint density at radius 2 is 1.83 bits per heavy atom. The summed E-state index contributed by atoms with van der Waals surface area (Å²) in [5.74, 6) is -0.821. The van der Waals surface area contributed by atoms with Crippen LogP contribution in [-0.4, -0.2) is 141 Å². The molecule has 1 unspecified atom stereocenters. The Balaban J connectivity index is 1.14. The molecule has 14 heteroatoms. The number of rotatable bonds is 10. The summed E-state index contributed by atoms with van der Waals surface area (Å²) >= 11 is 0. The third-order valence-electron chi connectivity index (χ3n) is 11.0. The average Bonchev–Trinajstić information content (AvgIpc) is 3.11. The van der Waals surface area contributed by atoms with Crippen molar-refractivity contribution in [2.24, 2.45) is 0 Å². The number of nitrogens with one attached hydrogen (secondary N) is 1. The fourth-order valence-electron chi connectivity index (χ4n) is 7.82. The first kappa shape index (κ1) is 36.3. The molecular weight excluding hydrogens is 677 g/mol. The van der Waals surface area contributed by atoms with Gasteiger partial charge in [0, 0.05) is 70.4 Å². The number of halogens is 1. The molecule has 280 valence electrons. The summed E-state index contributed by atoms with van der Waals surface area (Å²) in [5, 5.41) is 16.0. The highest BCUT2D eigenvalue weighted by Crippen LogP contribution is 2.31. The number of fused-ring (bicyclic) bond motifs is 1. The van der Waals surface area contributed by atoms with E-state index in [0.29, 0.717) is 17.8 Å². The highest BCUT2D eigenvalue weighted by atomic mass is 19.1. The summed E-state index contributed by atoms with van der Waals surface area (Å²) in [7, 11) is 2.17. The summed E-state index contributed by atoms with van der Waals surface area (Å²) in [4.78, 5) is 57.6. The highest BCUT2D eigenvalue weighted by molar-refractivity contribution is 5.91. The molecule has 4 fully saturated rings. The summed E-state index contributed by atoms with van der Waals surface area (Å²) in [6.45, 7) is 11.5. The third-order valence-corrected chi connectivity index (χ3v) is 11.0. The maximum Gasteiger partial charge on any atom is 0.334 e. The van der Waals surface area contributed by atoms with Crippen LogP contribution in [0.25, 0.3) is 0 Å². The molecule has 4 aliphatic rings. The minimum Gasteiger partial charge on any atom is -0.508 e. The zero-order chi connectivity index (χ0) is 37.2. The third kappa shape index (κ3) is 7.71. The van der Waals surface area contributed by atoms with Crippen molar-refractivity contribution >= 4 is 23.7 Å². The Labute approximate surface area is 309 Å². The van der Waals surface area contributed by atoms with Crippen LogP contribution in [0, 0.1) is 5.82 Å². The van der Waals surface area contributed by atoms with E-state index in [0.717, 1.165) is 50.2 Å². The van der Waals surface area contributed by atoms with Gasteiger partial charge in [-0.2, -0.15) is 0 Å². The lowest BCUT2D eigenvalue weighted by molar-refractivity contribution is -0.189. The van der Waals surface area contributed by atoms with E-state index in [9.17, 15) is 19.5 Å². The van der Waals surface area contributed by atoms with Crippen molar-refractivity contribution in [3.8, 4) is 5.75 Å². The Hall–Kier alpha value is -5.05. The molecule has 4 amide bonds. The van der Waals surface area contributed by atoms with Crippen LogP contribution in [0.4, 0.5) is 15.0 Å². The number of phenolic OH excluding ortho intramolecular Hbond substituents is 1. The van der Waals surface area contributed by atoms with Crippen molar-refractivity contribution in [2.75, 3.05) is 64.3 Å². The van der Waals surface area contributed by atoms with Gasteiger partial charge in [0.2, 0.25) is 11.8 Å². The lowest BCUT2D eigenvalue weighted by Crippen LogP contribution is -2.76. The minimum atomic E-state index is -1.11. The molecule has 7 rings (SSSR count). The molecule has 0 aliphatic carbocycles. The molecule has 2 N–H and O–H groups in total. The first-order chi connectivity index (χ1) is 25.6. The number of benzene rings is 2. The number of phenols is 1. The Morgan fingerprint density at radius 1 is 1.04 bits per heavy atom. The molecule has 1 aromatic heterocycles. The number of piperazine rings is 2. The van der Waals surface area contributed by atoms with E-state index < -0.39 is 24.1 Å². The molecule has 4 aliphatic heterocycles. The number of likely N-dealkylation sites (N-methyl/N-ethyl adjacent to an activating group) is 1. The van der Waals surface area contributed by atoms with Crippen LogP contribution >= 0.6 is 0 Å². The molecule has 4 saturated heterocycles. The number of urea groups is 1. The molecule has 0 radical (unpaired) electrons. The molecule has 13 nitrogen and oxygen atoms in total. The van der Waals surface area contributed by atoms with Gasteiger partial charge in [0.15, 0.2) is 0 Å². The van der Waals surface area contributed by atoms with Crippen LogP contribution in [0.1, 0.15) is 23.7 Å². The van der Waals surface area contributed by atoms with Gasteiger partial charge >= 0.3 is 6.03 Å². The molecule has 0 saturated carbocycles. The van der Waals surface area contributed by atoms with E-state index in [2.05, 4.69) is 40.6 Å². The van der Waals surface area contributed by atoms with Gasteiger partial charge in [0.05, 0.1) is 25.3 Å². The van der Waals surface area contributed by atoms with Crippen LogP contribution in [0.15, 0.2) is 79.4 Å². The molecule has 3 aromatic rings. The monoisotopic (exact) mass is 725 g/mol. The zero-order valence-electron chi connectivity index (χ0n) is 30.4. The zero-order valence-corrected chi connectivity index (χ0v) is 30.4. The topological polar surface area (TPSA) is 119 Å². The van der Waals surface area contributed by atoms with Crippen LogP contribution in [0.3, 0.4) is 0 Å². The molecule has 0 spiro atoms. The summed E-state index contributed by atoms with van der Waals surface area (Å²) < 4.78 is 15.2. The van der Waals surface area contributed by atoms with Gasteiger partial charge in [0.1, 0.15) is 29.6 Å². The largest absolute Gasteiger partial charge is 0.508 e. The number of hydrogen-bond acceptors (Lipinski definition) is 9. The van der Waals surface area contributed by atoms with Gasteiger partial charge in [-0.15, -0.1) is 6.58 Å². The maximum atomic E-state index is 15.2. The van der Waals surface area contributed by atoms with E-state index in [-0.39, 0.29) is 62.3 Å². The number of hydrazine groups is 1. The molecule has 0 bridgehead atoms. The van der Waals surface area contributed by atoms with Gasteiger partial charge in [-0.25, -0.2) is 24.2 Å². The van der Waals surface area contributed by atoms with E-state index >= 15 is 4.39 Å². The van der Waals surface area contributed by atoms with Crippen LogP contribution in [-0.2, 0) is 29.1 Å². The fraction of sp³-hybridized carbons (Fsp3) is 0.436. The van der Waals surface area contributed by atoms with Crippen molar-refractivity contribution in [3.05, 3.63) is 102 Å². The Bertz CT molecular complexity index is 1830. The fourth-order valence-corrected chi connectivity index (χ4v) is 7.82. The van der Waals surface area contributed by atoms with Gasteiger partial charge < -0.3 is 30.0 Å². The van der Waals surface area contributed by atoms with Crippen molar-refractivity contribution in [1.82, 2.24) is 39.9 Å². The van der Waals surface area contributed by atoms with Crippen molar-refractivity contribution in [3.63, 3.8) is 0 Å². The average molecular weight is 726 g/mol. The van der Waals surface area contributed by atoms with E-state index in [4.69, 9.17) is 4.98 Å². The predicted octanol–water partition coefficient (Wildman–Crippen LogP) is 2.49. The number of anilines is 1. The number of aromatic hydroxyl groups is 1. The second-order valence-corrected chi connectivity index (χ2v) is 14.5. The van der Waals surface area contributed by atoms with Crippen LogP contribution < -0.4 is 10.2 Å². The summed E-state index contributed by atoms with van der Waals surface area (Å²) in [6.07, 6.45) is 0.591. The molecule has 2 aromatic carbocycles. The Morgan fingerprint density at radius 3 is 2.57 bits per heavy atom. The Kier molecular flexibility index (Phi) is 10.6. The number of nitrogens with zero attached hydrogens (tertiary/aromatic N) is 8. The second kappa shape index (κ2) is 15.5. The van der Waals surface area contributed by atoms with Gasteiger partial charge in [-0.3, -0.25) is 14.5 Å².